The lowest BCUT2D eigenvalue weighted by molar-refractivity contribution is 0.177. The monoisotopic (exact) mass is 282 g/mol. The van der Waals surface area contributed by atoms with Crippen molar-refractivity contribution in [3.8, 4) is 10.6 Å². The van der Waals surface area contributed by atoms with Crippen molar-refractivity contribution < 1.29 is 5.11 Å². The first kappa shape index (κ1) is 13.0. The maximum Gasteiger partial charge on any atom is 0.125 e. The minimum absolute atomic E-state index is 0.514. The van der Waals surface area contributed by atoms with Gasteiger partial charge in [-0.2, -0.15) is 0 Å². The lowest BCUT2D eigenvalue weighted by atomic mass is 10.1. The summed E-state index contributed by atoms with van der Waals surface area (Å²) in [4.78, 5) is 8.66. The molecular formula is C16H14N2OS. The third kappa shape index (κ3) is 2.92. The summed E-state index contributed by atoms with van der Waals surface area (Å²) in [5, 5.41) is 13.1. The van der Waals surface area contributed by atoms with Gasteiger partial charge in [0.15, 0.2) is 0 Å². The fourth-order valence-corrected chi connectivity index (χ4v) is 2.84. The summed E-state index contributed by atoms with van der Waals surface area (Å²) in [6, 6.07) is 13.6. The van der Waals surface area contributed by atoms with Gasteiger partial charge in [-0.05, 0) is 17.7 Å². The van der Waals surface area contributed by atoms with E-state index in [1.165, 1.54) is 0 Å². The van der Waals surface area contributed by atoms with Crippen molar-refractivity contribution >= 4 is 11.3 Å². The van der Waals surface area contributed by atoms with Gasteiger partial charge in [0.25, 0.3) is 0 Å². The van der Waals surface area contributed by atoms with Crippen LogP contribution in [-0.4, -0.2) is 15.1 Å². The zero-order valence-electron chi connectivity index (χ0n) is 10.8. The van der Waals surface area contributed by atoms with E-state index >= 15 is 0 Å². The molecule has 0 aliphatic rings. The molecule has 1 aromatic carbocycles. The largest absolute Gasteiger partial charge is 0.388 e. The molecule has 0 fully saturated rings. The number of hydrogen-bond acceptors (Lipinski definition) is 4. The number of aliphatic hydroxyl groups is 1. The first-order chi connectivity index (χ1) is 9.83. The Bertz CT molecular complexity index is 667. The molecule has 1 N–H and O–H groups in total. The molecule has 4 heteroatoms. The molecule has 100 valence electrons. The van der Waals surface area contributed by atoms with Crippen molar-refractivity contribution in [2.75, 3.05) is 0 Å². The minimum Gasteiger partial charge on any atom is -0.388 e. The molecule has 1 unspecified atom stereocenters. The minimum atomic E-state index is -0.514. The maximum absolute atomic E-state index is 10.2. The van der Waals surface area contributed by atoms with Crippen LogP contribution in [0.4, 0.5) is 0 Å². The zero-order valence-corrected chi connectivity index (χ0v) is 11.6. The number of thiazole rings is 1. The van der Waals surface area contributed by atoms with Crippen LogP contribution >= 0.6 is 11.3 Å². The van der Waals surface area contributed by atoms with Crippen molar-refractivity contribution in [2.24, 2.45) is 0 Å². The lowest BCUT2D eigenvalue weighted by Gasteiger charge is -2.08. The van der Waals surface area contributed by atoms with E-state index in [2.05, 4.69) is 9.97 Å². The van der Waals surface area contributed by atoms with Crippen molar-refractivity contribution in [2.45, 2.75) is 12.5 Å². The van der Waals surface area contributed by atoms with Crippen molar-refractivity contribution in [1.82, 2.24) is 9.97 Å². The smallest absolute Gasteiger partial charge is 0.125 e. The van der Waals surface area contributed by atoms with Gasteiger partial charge in [-0.15, -0.1) is 11.3 Å². The molecule has 0 radical (unpaired) electrons. The van der Waals surface area contributed by atoms with E-state index in [4.69, 9.17) is 0 Å². The second-order valence-electron chi connectivity index (χ2n) is 4.52. The molecule has 3 nitrogen and oxygen atoms in total. The van der Waals surface area contributed by atoms with Crippen LogP contribution in [0.5, 0.6) is 0 Å². The summed E-state index contributed by atoms with van der Waals surface area (Å²) < 4.78 is 0. The molecule has 3 aromatic rings. The third-order valence-corrected chi connectivity index (χ3v) is 3.99. The highest BCUT2D eigenvalue weighted by molar-refractivity contribution is 7.13. The van der Waals surface area contributed by atoms with Crippen molar-refractivity contribution in [3.63, 3.8) is 0 Å². The van der Waals surface area contributed by atoms with Gasteiger partial charge in [-0.25, -0.2) is 4.98 Å². The Kier molecular flexibility index (Phi) is 3.85. The van der Waals surface area contributed by atoms with E-state index in [9.17, 15) is 5.11 Å². The van der Waals surface area contributed by atoms with Crippen LogP contribution < -0.4 is 0 Å². The third-order valence-electron chi connectivity index (χ3n) is 3.05. The van der Waals surface area contributed by atoms with E-state index in [1.807, 2.05) is 47.8 Å². The topological polar surface area (TPSA) is 46.0 Å². The molecule has 20 heavy (non-hydrogen) atoms. The summed E-state index contributed by atoms with van der Waals surface area (Å²) in [5.74, 6) is 0. The molecule has 0 bridgehead atoms. The molecule has 0 aliphatic heterocycles. The van der Waals surface area contributed by atoms with Gasteiger partial charge >= 0.3 is 0 Å². The summed E-state index contributed by atoms with van der Waals surface area (Å²) >= 11 is 1.58. The molecule has 0 amide bonds. The predicted molar refractivity (Wildman–Crippen MR) is 80.5 cm³/mol. The molecule has 2 aromatic heterocycles. The highest BCUT2D eigenvalue weighted by Crippen LogP contribution is 2.25. The van der Waals surface area contributed by atoms with Crippen LogP contribution in [0.2, 0.25) is 0 Å². The standard InChI is InChI=1S/C16H14N2OS/c19-15(12-5-2-1-3-6-12)9-14-11-20-16(18-14)13-7-4-8-17-10-13/h1-8,10-11,15,19H,9H2. The zero-order chi connectivity index (χ0) is 13.8. The molecule has 0 saturated heterocycles. The normalized spacial score (nSPS) is 12.2. The summed E-state index contributed by atoms with van der Waals surface area (Å²) in [7, 11) is 0. The van der Waals surface area contributed by atoms with Gasteiger partial charge in [0, 0.05) is 29.8 Å². The van der Waals surface area contributed by atoms with Gasteiger partial charge in [-0.3, -0.25) is 4.98 Å². The van der Waals surface area contributed by atoms with Crippen molar-refractivity contribution in [1.29, 1.82) is 0 Å². The van der Waals surface area contributed by atoms with E-state index in [1.54, 1.807) is 23.7 Å². The van der Waals surface area contributed by atoms with Gasteiger partial charge in [0.2, 0.25) is 0 Å². The van der Waals surface area contributed by atoms with Crippen LogP contribution in [0.1, 0.15) is 17.4 Å². The second kappa shape index (κ2) is 5.94. The highest BCUT2D eigenvalue weighted by atomic mass is 32.1. The molecule has 2 heterocycles. The Hall–Kier alpha value is -2.04. The number of benzene rings is 1. The Balaban J connectivity index is 1.75. The Morgan fingerprint density at radius 3 is 2.70 bits per heavy atom. The van der Waals surface area contributed by atoms with Crippen LogP contribution in [0.15, 0.2) is 60.2 Å². The van der Waals surface area contributed by atoms with E-state index < -0.39 is 6.10 Å². The summed E-state index contributed by atoms with van der Waals surface area (Å²) in [6.45, 7) is 0. The molecule has 3 rings (SSSR count). The summed E-state index contributed by atoms with van der Waals surface area (Å²) in [6.07, 6.45) is 3.56. The number of aliphatic hydroxyl groups excluding tert-OH is 1. The van der Waals surface area contributed by atoms with Gasteiger partial charge < -0.3 is 5.11 Å². The van der Waals surface area contributed by atoms with E-state index in [0.717, 1.165) is 21.8 Å². The Labute approximate surface area is 121 Å². The quantitative estimate of drug-likeness (QED) is 0.797. The SMILES string of the molecule is OC(Cc1csc(-c2cccnc2)n1)c1ccccc1. The molecule has 0 saturated carbocycles. The van der Waals surface area contributed by atoms with Crippen LogP contribution in [-0.2, 0) is 6.42 Å². The number of hydrogen-bond donors (Lipinski definition) is 1. The fourth-order valence-electron chi connectivity index (χ4n) is 2.01. The van der Waals surface area contributed by atoms with Crippen LogP contribution in [0, 0.1) is 0 Å². The number of pyridine rings is 1. The second-order valence-corrected chi connectivity index (χ2v) is 5.37. The average molecular weight is 282 g/mol. The van der Waals surface area contributed by atoms with E-state index in [-0.39, 0.29) is 0 Å². The predicted octanol–water partition coefficient (Wildman–Crippen LogP) is 3.48. The molecule has 0 aliphatic carbocycles. The van der Waals surface area contributed by atoms with Crippen LogP contribution in [0.25, 0.3) is 10.6 Å². The number of nitrogens with zero attached hydrogens (tertiary/aromatic N) is 2. The Morgan fingerprint density at radius 2 is 1.95 bits per heavy atom. The molecule has 1 atom stereocenters. The summed E-state index contributed by atoms with van der Waals surface area (Å²) in [5.41, 5.74) is 2.84. The Morgan fingerprint density at radius 1 is 1.10 bits per heavy atom. The first-order valence-electron chi connectivity index (χ1n) is 6.41. The van der Waals surface area contributed by atoms with Crippen LogP contribution in [0.3, 0.4) is 0 Å². The van der Waals surface area contributed by atoms with Gasteiger partial charge in [0.05, 0.1) is 11.8 Å². The highest BCUT2D eigenvalue weighted by Gasteiger charge is 2.11. The van der Waals surface area contributed by atoms with E-state index in [0.29, 0.717) is 6.42 Å². The lowest BCUT2D eigenvalue weighted by Crippen LogP contribution is -2.01. The number of rotatable bonds is 4. The maximum atomic E-state index is 10.2. The molecule has 0 spiro atoms. The average Bonchev–Trinajstić information content (AvgIpc) is 2.97. The fraction of sp³-hybridized carbons (Fsp3) is 0.125. The number of aromatic nitrogens is 2. The van der Waals surface area contributed by atoms with Crippen molar-refractivity contribution in [3.05, 3.63) is 71.5 Å². The first-order valence-corrected chi connectivity index (χ1v) is 7.29. The molecular weight excluding hydrogens is 268 g/mol. The van der Waals surface area contributed by atoms with Gasteiger partial charge in [0.1, 0.15) is 5.01 Å². The van der Waals surface area contributed by atoms with Gasteiger partial charge in [-0.1, -0.05) is 30.3 Å².